The van der Waals surface area contributed by atoms with Gasteiger partial charge in [-0.15, -0.1) is 0 Å². The molecule has 0 atom stereocenters. The molecule has 2 aromatic rings. The summed E-state index contributed by atoms with van der Waals surface area (Å²) in [5, 5.41) is 2.51. The van der Waals surface area contributed by atoms with Gasteiger partial charge in [0.05, 0.1) is 11.1 Å². The quantitative estimate of drug-likeness (QED) is 0.605. The summed E-state index contributed by atoms with van der Waals surface area (Å²) in [5.41, 5.74) is -1.60. The standard InChI is InChI=1S/C22H23F6N3O2/c1-2-30-7-9-31(10-8-30)18-5-3-17(4-6-18)29-20(32)14-33-19-12-15(21(23,24)25)11-16(13-19)22(26,27)28/h3-6,11-13H,2,7-10,14H2,1H3,(H,29,32). The summed E-state index contributed by atoms with van der Waals surface area (Å²) in [4.78, 5) is 16.7. The second-order valence-corrected chi connectivity index (χ2v) is 7.55. The smallest absolute Gasteiger partial charge is 0.416 e. The second kappa shape index (κ2) is 9.90. The first-order valence-electron chi connectivity index (χ1n) is 10.2. The van der Waals surface area contributed by atoms with Gasteiger partial charge < -0.3 is 19.9 Å². The monoisotopic (exact) mass is 475 g/mol. The van der Waals surface area contributed by atoms with Gasteiger partial charge >= 0.3 is 12.4 Å². The van der Waals surface area contributed by atoms with Gasteiger partial charge in [-0.3, -0.25) is 4.79 Å². The first-order chi connectivity index (χ1) is 15.5. The molecular weight excluding hydrogens is 452 g/mol. The Balaban J connectivity index is 1.59. The van der Waals surface area contributed by atoms with Crippen LogP contribution in [-0.4, -0.2) is 50.1 Å². The van der Waals surface area contributed by atoms with E-state index in [1.165, 1.54) is 0 Å². The molecule has 3 rings (SSSR count). The lowest BCUT2D eigenvalue weighted by Crippen LogP contribution is -2.46. The van der Waals surface area contributed by atoms with Crippen LogP contribution in [-0.2, 0) is 17.1 Å². The summed E-state index contributed by atoms with van der Waals surface area (Å²) in [6, 6.07) is 7.86. The number of halogens is 6. The molecule has 0 saturated carbocycles. The van der Waals surface area contributed by atoms with Crippen molar-refractivity contribution >= 4 is 17.3 Å². The molecule has 5 nitrogen and oxygen atoms in total. The fourth-order valence-corrected chi connectivity index (χ4v) is 3.43. The largest absolute Gasteiger partial charge is 0.484 e. The maximum atomic E-state index is 12.9. The maximum absolute atomic E-state index is 12.9. The van der Waals surface area contributed by atoms with E-state index in [0.29, 0.717) is 17.8 Å². The number of nitrogens with zero attached hydrogens (tertiary/aromatic N) is 2. The molecule has 1 aliphatic rings. The van der Waals surface area contributed by atoms with Crippen molar-refractivity contribution in [1.82, 2.24) is 4.90 Å². The number of nitrogens with one attached hydrogen (secondary N) is 1. The van der Waals surface area contributed by atoms with Crippen LogP contribution >= 0.6 is 0 Å². The Labute approximate surface area is 186 Å². The molecule has 0 unspecified atom stereocenters. The van der Waals surface area contributed by atoms with Crippen molar-refractivity contribution in [1.29, 1.82) is 0 Å². The van der Waals surface area contributed by atoms with Crippen LogP contribution in [0.2, 0.25) is 0 Å². The molecule has 0 aromatic heterocycles. The van der Waals surface area contributed by atoms with E-state index in [9.17, 15) is 31.1 Å². The number of amides is 1. The highest BCUT2D eigenvalue weighted by atomic mass is 19.4. The number of benzene rings is 2. The number of carbonyl (C=O) groups excluding carboxylic acids is 1. The number of likely N-dealkylation sites (N-methyl/N-ethyl adjacent to an activating group) is 1. The van der Waals surface area contributed by atoms with Gasteiger partial charge in [-0.05, 0) is 49.0 Å². The van der Waals surface area contributed by atoms with E-state index in [1.54, 1.807) is 12.1 Å². The van der Waals surface area contributed by atoms with Crippen molar-refractivity contribution in [3.05, 3.63) is 53.6 Å². The Bertz CT molecular complexity index is 920. The highest BCUT2D eigenvalue weighted by Crippen LogP contribution is 2.38. The Kier molecular flexibility index (Phi) is 7.41. The third-order valence-electron chi connectivity index (χ3n) is 5.27. The van der Waals surface area contributed by atoms with Crippen LogP contribution in [0.1, 0.15) is 18.1 Å². The molecule has 0 spiro atoms. The molecule has 0 radical (unpaired) electrons. The lowest BCUT2D eigenvalue weighted by Gasteiger charge is -2.35. The molecule has 33 heavy (non-hydrogen) atoms. The number of rotatable bonds is 6. The summed E-state index contributed by atoms with van der Waals surface area (Å²) < 4.78 is 82.4. The van der Waals surface area contributed by atoms with Crippen LogP contribution in [0.3, 0.4) is 0 Å². The summed E-state index contributed by atoms with van der Waals surface area (Å²) in [6.45, 7) is 6.03. The second-order valence-electron chi connectivity index (χ2n) is 7.55. The van der Waals surface area contributed by atoms with Gasteiger partial charge in [-0.25, -0.2) is 0 Å². The number of hydrogen-bond donors (Lipinski definition) is 1. The van der Waals surface area contributed by atoms with Crippen molar-refractivity contribution in [2.24, 2.45) is 0 Å². The third-order valence-corrected chi connectivity index (χ3v) is 5.27. The van der Waals surface area contributed by atoms with Crippen LogP contribution < -0.4 is 15.0 Å². The SMILES string of the molecule is CCN1CCN(c2ccc(NC(=O)COc3cc(C(F)(F)F)cc(C(F)(F)F)c3)cc2)CC1. The van der Waals surface area contributed by atoms with E-state index in [0.717, 1.165) is 38.4 Å². The van der Waals surface area contributed by atoms with E-state index >= 15 is 0 Å². The molecule has 0 aliphatic carbocycles. The Morgan fingerprint density at radius 2 is 1.45 bits per heavy atom. The zero-order valence-corrected chi connectivity index (χ0v) is 17.8. The number of ether oxygens (including phenoxy) is 1. The van der Waals surface area contributed by atoms with Gasteiger partial charge in [0.25, 0.3) is 5.91 Å². The minimum absolute atomic E-state index is 0.00337. The zero-order chi connectivity index (χ0) is 24.2. The Morgan fingerprint density at radius 1 is 0.909 bits per heavy atom. The average Bonchev–Trinajstić information content (AvgIpc) is 2.77. The van der Waals surface area contributed by atoms with E-state index in [-0.39, 0.29) is 6.07 Å². The van der Waals surface area contributed by atoms with E-state index in [4.69, 9.17) is 4.74 Å². The highest BCUT2D eigenvalue weighted by molar-refractivity contribution is 5.92. The van der Waals surface area contributed by atoms with Gasteiger partial charge in [0, 0.05) is 37.6 Å². The fraction of sp³-hybridized carbons (Fsp3) is 0.409. The van der Waals surface area contributed by atoms with Gasteiger partial charge in [-0.1, -0.05) is 6.92 Å². The lowest BCUT2D eigenvalue weighted by atomic mass is 10.1. The number of anilines is 2. The fourth-order valence-electron chi connectivity index (χ4n) is 3.43. The van der Waals surface area contributed by atoms with Crippen LogP contribution in [0.4, 0.5) is 37.7 Å². The van der Waals surface area contributed by atoms with E-state index in [1.807, 2.05) is 12.1 Å². The summed E-state index contributed by atoms with van der Waals surface area (Å²) >= 11 is 0. The van der Waals surface area contributed by atoms with Gasteiger partial charge in [0.1, 0.15) is 5.75 Å². The molecule has 1 N–H and O–H groups in total. The molecule has 1 fully saturated rings. The number of carbonyl (C=O) groups is 1. The highest BCUT2D eigenvalue weighted by Gasteiger charge is 2.37. The topological polar surface area (TPSA) is 44.8 Å². The first-order valence-corrected chi connectivity index (χ1v) is 10.2. The van der Waals surface area contributed by atoms with Gasteiger partial charge in [0.15, 0.2) is 6.61 Å². The molecule has 1 amide bonds. The van der Waals surface area contributed by atoms with Crippen LogP contribution in [0.25, 0.3) is 0 Å². The van der Waals surface area contributed by atoms with Crippen molar-refractivity contribution in [3.63, 3.8) is 0 Å². The summed E-state index contributed by atoms with van der Waals surface area (Å²) in [6.07, 6.45) is -9.99. The number of hydrogen-bond acceptors (Lipinski definition) is 4. The van der Waals surface area contributed by atoms with Crippen molar-refractivity contribution < 1.29 is 35.9 Å². The van der Waals surface area contributed by atoms with Crippen LogP contribution in [0, 0.1) is 0 Å². The molecule has 0 bridgehead atoms. The van der Waals surface area contributed by atoms with E-state index in [2.05, 4.69) is 22.0 Å². The average molecular weight is 475 g/mol. The predicted molar refractivity (Wildman–Crippen MR) is 111 cm³/mol. The molecule has 11 heteroatoms. The zero-order valence-electron chi connectivity index (χ0n) is 17.8. The molecule has 1 heterocycles. The van der Waals surface area contributed by atoms with E-state index < -0.39 is 41.7 Å². The molecule has 1 saturated heterocycles. The minimum Gasteiger partial charge on any atom is -0.484 e. The Morgan fingerprint density at radius 3 is 1.94 bits per heavy atom. The molecule has 180 valence electrons. The van der Waals surface area contributed by atoms with Gasteiger partial charge in [0.2, 0.25) is 0 Å². The van der Waals surface area contributed by atoms with Crippen molar-refractivity contribution in [3.8, 4) is 5.75 Å². The van der Waals surface area contributed by atoms with Gasteiger partial charge in [-0.2, -0.15) is 26.3 Å². The molecule has 2 aromatic carbocycles. The Hall–Kier alpha value is -2.95. The van der Waals surface area contributed by atoms with Crippen LogP contribution in [0.5, 0.6) is 5.75 Å². The minimum atomic E-state index is -4.99. The maximum Gasteiger partial charge on any atom is 0.416 e. The summed E-state index contributed by atoms with van der Waals surface area (Å²) in [7, 11) is 0. The summed E-state index contributed by atoms with van der Waals surface area (Å²) in [5.74, 6) is -1.42. The first kappa shape index (κ1) is 24.7. The number of piperazine rings is 1. The van der Waals surface area contributed by atoms with Crippen LogP contribution in [0.15, 0.2) is 42.5 Å². The number of alkyl halides is 6. The molecule has 1 aliphatic heterocycles. The van der Waals surface area contributed by atoms with Crippen molar-refractivity contribution in [2.45, 2.75) is 19.3 Å². The normalized spacial score (nSPS) is 15.4. The predicted octanol–water partition coefficient (Wildman–Crippen LogP) is 4.88. The van der Waals surface area contributed by atoms with Crippen molar-refractivity contribution in [2.75, 3.05) is 49.5 Å². The molecular formula is C22H23F6N3O2. The lowest BCUT2D eigenvalue weighted by molar-refractivity contribution is -0.143. The third kappa shape index (κ3) is 6.77.